The van der Waals surface area contributed by atoms with E-state index in [1.54, 1.807) is 0 Å². The lowest BCUT2D eigenvalue weighted by atomic mass is 9.80. The van der Waals surface area contributed by atoms with E-state index in [0.717, 1.165) is 32.1 Å². The summed E-state index contributed by atoms with van der Waals surface area (Å²) in [6.45, 7) is 1.38. The Labute approximate surface area is 134 Å². The van der Waals surface area contributed by atoms with Crippen molar-refractivity contribution in [3.05, 3.63) is 41.4 Å². The van der Waals surface area contributed by atoms with Gasteiger partial charge in [-0.3, -0.25) is 14.5 Å². The molecule has 1 atom stereocenters. The minimum atomic E-state index is -0.572. The molecule has 122 valence electrons. The number of rotatable bonds is 3. The number of hydrogen-bond acceptors (Lipinski definition) is 3. The van der Waals surface area contributed by atoms with E-state index >= 15 is 0 Å². The summed E-state index contributed by atoms with van der Waals surface area (Å²) < 4.78 is 13.2. The van der Waals surface area contributed by atoms with E-state index < -0.39 is 23.5 Å². The van der Waals surface area contributed by atoms with Gasteiger partial charge in [0, 0.05) is 5.69 Å². The van der Waals surface area contributed by atoms with Crippen molar-refractivity contribution >= 4 is 17.4 Å². The van der Waals surface area contributed by atoms with Crippen molar-refractivity contribution in [2.75, 3.05) is 4.90 Å². The average molecular weight is 317 g/mol. The first-order chi connectivity index (χ1) is 11.0. The highest BCUT2D eigenvalue weighted by Gasteiger charge is 2.46. The Bertz CT molecular complexity index is 659. The zero-order valence-corrected chi connectivity index (χ0v) is 13.1. The number of nitrogens with zero attached hydrogens (tertiary/aromatic N) is 1. The monoisotopic (exact) mass is 317 g/mol. The van der Waals surface area contributed by atoms with Gasteiger partial charge in [-0.05, 0) is 49.9 Å². The van der Waals surface area contributed by atoms with Crippen LogP contribution >= 0.6 is 0 Å². The average Bonchev–Trinajstić information content (AvgIpc) is 2.81. The molecule has 1 aromatic carbocycles. The van der Waals surface area contributed by atoms with Gasteiger partial charge in [0.25, 0.3) is 5.91 Å². The van der Waals surface area contributed by atoms with E-state index in [1.165, 1.54) is 36.1 Å². The van der Waals surface area contributed by atoms with Gasteiger partial charge in [0.1, 0.15) is 5.82 Å². The van der Waals surface area contributed by atoms with Gasteiger partial charge in [-0.2, -0.15) is 0 Å². The fourth-order valence-corrected chi connectivity index (χ4v) is 3.78. The number of aliphatic hydroxyl groups excluding tert-OH is 1. The zero-order chi connectivity index (χ0) is 16.6. The Kier molecular flexibility index (Phi) is 4.20. The summed E-state index contributed by atoms with van der Waals surface area (Å²) in [7, 11) is 0. The Balaban J connectivity index is 2.04. The van der Waals surface area contributed by atoms with Crippen LogP contribution in [0.5, 0.6) is 0 Å². The summed E-state index contributed by atoms with van der Waals surface area (Å²) >= 11 is 0. The topological polar surface area (TPSA) is 57.6 Å². The Hall–Kier alpha value is -2.17. The molecule has 1 unspecified atom stereocenters. The van der Waals surface area contributed by atoms with Crippen LogP contribution in [0.15, 0.2) is 35.6 Å². The molecule has 23 heavy (non-hydrogen) atoms. The van der Waals surface area contributed by atoms with E-state index in [9.17, 15) is 19.1 Å². The molecule has 0 spiro atoms. The van der Waals surface area contributed by atoms with Gasteiger partial charge in [-0.1, -0.05) is 19.3 Å². The van der Waals surface area contributed by atoms with Crippen molar-refractivity contribution in [1.29, 1.82) is 0 Å². The van der Waals surface area contributed by atoms with E-state index in [2.05, 4.69) is 0 Å². The van der Waals surface area contributed by atoms with Crippen LogP contribution in [-0.4, -0.2) is 22.8 Å². The van der Waals surface area contributed by atoms with Crippen LogP contribution in [0.25, 0.3) is 0 Å². The van der Waals surface area contributed by atoms with Crippen LogP contribution in [0.3, 0.4) is 0 Å². The van der Waals surface area contributed by atoms with E-state index in [4.69, 9.17) is 0 Å². The lowest BCUT2D eigenvalue weighted by Crippen LogP contribution is -2.42. The molecule has 3 rings (SSSR count). The number of anilines is 1. The number of hydrogen-bond donors (Lipinski definition) is 1. The SMILES string of the molecule is CC(=O)C1=C(O)C(=O)N(c2ccc(F)cc2)C1C1CCCCC1. The molecule has 1 aliphatic heterocycles. The first-order valence-electron chi connectivity index (χ1n) is 8.04. The van der Waals surface area contributed by atoms with Gasteiger partial charge in [-0.25, -0.2) is 4.39 Å². The molecule has 0 bridgehead atoms. The summed E-state index contributed by atoms with van der Waals surface area (Å²) in [5.41, 5.74) is 0.709. The van der Waals surface area contributed by atoms with Crippen LogP contribution in [0.4, 0.5) is 10.1 Å². The maximum atomic E-state index is 13.2. The molecule has 2 aliphatic rings. The van der Waals surface area contributed by atoms with E-state index in [0.29, 0.717) is 5.69 Å². The highest BCUT2D eigenvalue weighted by atomic mass is 19.1. The number of Topliss-reactive ketones (excluding diaryl/α,β-unsaturated/α-hetero) is 1. The minimum Gasteiger partial charge on any atom is -0.503 e. The predicted molar refractivity (Wildman–Crippen MR) is 84.6 cm³/mol. The van der Waals surface area contributed by atoms with Crippen molar-refractivity contribution in [1.82, 2.24) is 0 Å². The number of aliphatic hydroxyl groups is 1. The summed E-state index contributed by atoms with van der Waals surface area (Å²) in [6.07, 6.45) is 5.09. The molecule has 1 aromatic rings. The number of carbonyl (C=O) groups excluding carboxylic acids is 2. The second-order valence-corrected chi connectivity index (χ2v) is 6.31. The zero-order valence-electron chi connectivity index (χ0n) is 13.1. The fraction of sp³-hybridized carbons (Fsp3) is 0.444. The first-order valence-corrected chi connectivity index (χ1v) is 8.04. The molecule has 1 aliphatic carbocycles. The third-order valence-electron chi connectivity index (χ3n) is 4.83. The molecule has 0 radical (unpaired) electrons. The largest absolute Gasteiger partial charge is 0.503 e. The quantitative estimate of drug-likeness (QED) is 0.928. The molecule has 1 amide bonds. The lowest BCUT2D eigenvalue weighted by Gasteiger charge is -2.35. The van der Waals surface area contributed by atoms with Gasteiger partial charge >= 0.3 is 0 Å². The number of ketones is 1. The van der Waals surface area contributed by atoms with Crippen molar-refractivity contribution in [3.8, 4) is 0 Å². The van der Waals surface area contributed by atoms with Crippen LogP contribution in [-0.2, 0) is 9.59 Å². The van der Waals surface area contributed by atoms with Crippen molar-refractivity contribution in [3.63, 3.8) is 0 Å². The third-order valence-corrected chi connectivity index (χ3v) is 4.83. The van der Waals surface area contributed by atoms with Crippen molar-refractivity contribution < 1.29 is 19.1 Å². The Morgan fingerprint density at radius 3 is 2.35 bits per heavy atom. The third kappa shape index (κ3) is 2.76. The molecule has 0 aromatic heterocycles. The standard InChI is InChI=1S/C18H20FNO3/c1-11(21)15-16(12-5-3-2-4-6-12)20(18(23)17(15)22)14-9-7-13(19)8-10-14/h7-10,12,16,22H,2-6H2,1H3. The van der Waals surface area contributed by atoms with Gasteiger partial charge in [0.05, 0.1) is 11.6 Å². The number of amides is 1. The van der Waals surface area contributed by atoms with Crippen molar-refractivity contribution in [2.24, 2.45) is 5.92 Å². The number of halogens is 1. The Morgan fingerprint density at radius 1 is 1.17 bits per heavy atom. The number of carbonyl (C=O) groups is 2. The smallest absolute Gasteiger partial charge is 0.294 e. The summed E-state index contributed by atoms with van der Waals surface area (Å²) in [4.78, 5) is 26.0. The molecule has 1 N–H and O–H groups in total. The van der Waals surface area contributed by atoms with Gasteiger partial charge < -0.3 is 5.11 Å². The molecule has 4 nitrogen and oxygen atoms in total. The molecule has 1 saturated carbocycles. The lowest BCUT2D eigenvalue weighted by molar-refractivity contribution is -0.117. The minimum absolute atomic E-state index is 0.140. The van der Waals surface area contributed by atoms with Crippen LogP contribution in [0, 0.1) is 11.7 Å². The molecule has 1 fully saturated rings. The first kappa shape index (κ1) is 15.7. The van der Waals surface area contributed by atoms with Gasteiger partial charge in [0.15, 0.2) is 11.5 Å². The summed E-state index contributed by atoms with van der Waals surface area (Å²) in [6, 6.07) is 5.14. The normalized spacial score (nSPS) is 22.8. The summed E-state index contributed by atoms with van der Waals surface area (Å²) in [5, 5.41) is 10.2. The fourth-order valence-electron chi connectivity index (χ4n) is 3.78. The maximum Gasteiger partial charge on any atom is 0.294 e. The Morgan fingerprint density at radius 2 is 1.78 bits per heavy atom. The van der Waals surface area contributed by atoms with E-state index in [-0.39, 0.29) is 17.3 Å². The van der Waals surface area contributed by atoms with Crippen LogP contribution < -0.4 is 4.90 Å². The van der Waals surface area contributed by atoms with Crippen LogP contribution in [0.1, 0.15) is 39.0 Å². The second kappa shape index (κ2) is 6.14. The highest BCUT2D eigenvalue weighted by molar-refractivity contribution is 6.16. The van der Waals surface area contributed by atoms with E-state index in [1.807, 2.05) is 0 Å². The second-order valence-electron chi connectivity index (χ2n) is 6.31. The van der Waals surface area contributed by atoms with Crippen LogP contribution in [0.2, 0.25) is 0 Å². The highest BCUT2D eigenvalue weighted by Crippen LogP contribution is 2.40. The molecule has 1 heterocycles. The van der Waals surface area contributed by atoms with Gasteiger partial charge in [-0.15, -0.1) is 0 Å². The molecule has 5 heteroatoms. The van der Waals surface area contributed by atoms with Crippen molar-refractivity contribution in [2.45, 2.75) is 45.1 Å². The summed E-state index contributed by atoms with van der Waals surface area (Å²) in [5.74, 6) is -1.56. The number of benzene rings is 1. The molecule has 0 saturated heterocycles. The maximum absolute atomic E-state index is 13.2. The molecular formula is C18H20FNO3. The van der Waals surface area contributed by atoms with Gasteiger partial charge in [0.2, 0.25) is 0 Å². The predicted octanol–water partition coefficient (Wildman–Crippen LogP) is 3.52. The molecular weight excluding hydrogens is 297 g/mol.